The van der Waals surface area contributed by atoms with Gasteiger partial charge in [0.1, 0.15) is 25.1 Å². The van der Waals surface area contributed by atoms with Gasteiger partial charge >= 0.3 is 12.1 Å². The van der Waals surface area contributed by atoms with Crippen LogP contribution in [-0.2, 0) is 14.3 Å². The molecular formula is C29H38ClNO5S. The van der Waals surface area contributed by atoms with Crippen LogP contribution in [0.1, 0.15) is 45.6 Å². The van der Waals surface area contributed by atoms with E-state index in [0.717, 1.165) is 23.1 Å². The highest BCUT2D eigenvalue weighted by molar-refractivity contribution is 7.99. The molecule has 0 aliphatic heterocycles. The zero-order valence-corrected chi connectivity index (χ0v) is 23.6. The molecule has 2 aromatic rings. The molecule has 0 aliphatic rings. The lowest BCUT2D eigenvalue weighted by Crippen LogP contribution is -2.35. The molecule has 202 valence electrons. The van der Waals surface area contributed by atoms with Crippen LogP contribution < -0.4 is 10.1 Å². The summed E-state index contributed by atoms with van der Waals surface area (Å²) < 4.78 is 16.5. The number of carbonyl (C=O) groups is 2. The van der Waals surface area contributed by atoms with Gasteiger partial charge in [-0.05, 0) is 59.7 Å². The molecule has 37 heavy (non-hydrogen) atoms. The minimum Gasteiger partial charge on any atom is -0.490 e. The van der Waals surface area contributed by atoms with E-state index < -0.39 is 18.2 Å². The second-order valence-electron chi connectivity index (χ2n) is 9.08. The van der Waals surface area contributed by atoms with E-state index in [1.807, 2.05) is 36.4 Å². The zero-order valence-electron chi connectivity index (χ0n) is 22.1. The number of benzene rings is 2. The van der Waals surface area contributed by atoms with Gasteiger partial charge in [0, 0.05) is 21.7 Å². The topological polar surface area (TPSA) is 73.9 Å². The Kier molecular flexibility index (Phi) is 13.4. The van der Waals surface area contributed by atoms with E-state index in [1.54, 1.807) is 11.8 Å². The highest BCUT2D eigenvalue weighted by atomic mass is 35.5. The molecule has 0 radical (unpaired) electrons. The highest BCUT2D eigenvalue weighted by Crippen LogP contribution is 2.33. The van der Waals surface area contributed by atoms with Gasteiger partial charge in [-0.2, -0.15) is 0 Å². The molecule has 3 atom stereocenters. The van der Waals surface area contributed by atoms with Crippen LogP contribution in [0.4, 0.5) is 4.79 Å². The van der Waals surface area contributed by atoms with Crippen molar-refractivity contribution >= 4 is 35.4 Å². The van der Waals surface area contributed by atoms with E-state index in [-0.39, 0.29) is 19.8 Å². The van der Waals surface area contributed by atoms with Crippen LogP contribution in [0.3, 0.4) is 0 Å². The predicted octanol–water partition coefficient (Wildman–Crippen LogP) is 7.12. The van der Waals surface area contributed by atoms with Crippen molar-refractivity contribution in [1.82, 2.24) is 5.32 Å². The number of thioether (sulfide) groups is 1. The number of carbonyl (C=O) groups excluding carboxylic acids is 2. The van der Waals surface area contributed by atoms with Crippen molar-refractivity contribution in [2.45, 2.75) is 51.0 Å². The summed E-state index contributed by atoms with van der Waals surface area (Å²) in [6.45, 7) is 12.7. The van der Waals surface area contributed by atoms with E-state index in [0.29, 0.717) is 28.5 Å². The van der Waals surface area contributed by atoms with Crippen LogP contribution in [0, 0.1) is 11.8 Å². The second-order valence-corrected chi connectivity index (χ2v) is 10.6. The third kappa shape index (κ3) is 11.1. The van der Waals surface area contributed by atoms with E-state index in [1.165, 1.54) is 5.56 Å². The van der Waals surface area contributed by atoms with Crippen molar-refractivity contribution in [3.63, 3.8) is 0 Å². The van der Waals surface area contributed by atoms with Crippen molar-refractivity contribution in [2.75, 3.05) is 25.5 Å². The molecule has 0 saturated heterocycles. The Balaban J connectivity index is 1.96. The summed E-state index contributed by atoms with van der Waals surface area (Å²) in [5.74, 6) is 2.36. The average molecular weight is 548 g/mol. The van der Waals surface area contributed by atoms with Crippen LogP contribution in [0.5, 0.6) is 5.75 Å². The van der Waals surface area contributed by atoms with Crippen molar-refractivity contribution in [1.29, 1.82) is 0 Å². The van der Waals surface area contributed by atoms with E-state index in [9.17, 15) is 9.59 Å². The molecule has 1 N–H and O–H groups in total. The van der Waals surface area contributed by atoms with Crippen LogP contribution >= 0.6 is 23.4 Å². The van der Waals surface area contributed by atoms with Gasteiger partial charge in [-0.1, -0.05) is 64.4 Å². The number of esters is 1. The maximum atomic E-state index is 12.3. The number of alkyl carbamates (subject to hydrolysis) is 1. The molecular weight excluding hydrogens is 510 g/mol. The second kappa shape index (κ2) is 16.3. The van der Waals surface area contributed by atoms with Gasteiger partial charge < -0.3 is 19.5 Å². The summed E-state index contributed by atoms with van der Waals surface area (Å²) >= 11 is 7.52. The highest BCUT2D eigenvalue weighted by Gasteiger charge is 2.21. The summed E-state index contributed by atoms with van der Waals surface area (Å²) in [7, 11) is 0. The number of hydrogen-bond acceptors (Lipinski definition) is 6. The summed E-state index contributed by atoms with van der Waals surface area (Å²) in [5, 5.41) is 3.25. The maximum absolute atomic E-state index is 12.3. The molecule has 0 heterocycles. The third-order valence-corrected chi connectivity index (χ3v) is 7.51. The first kappa shape index (κ1) is 30.6. The molecule has 6 nitrogen and oxygen atoms in total. The summed E-state index contributed by atoms with van der Waals surface area (Å²) in [5.41, 5.74) is 1.29. The normalized spacial score (nSPS) is 13.4. The summed E-state index contributed by atoms with van der Waals surface area (Å²) in [4.78, 5) is 24.4. The smallest absolute Gasteiger partial charge is 0.407 e. The predicted molar refractivity (Wildman–Crippen MR) is 151 cm³/mol. The molecule has 0 spiro atoms. The first-order valence-corrected chi connectivity index (χ1v) is 13.9. The summed E-state index contributed by atoms with van der Waals surface area (Å²) in [6, 6.07) is 15.6. The fourth-order valence-corrected chi connectivity index (χ4v) is 5.10. The monoisotopic (exact) mass is 547 g/mol. The SMILES string of the molecule is C=CC(=O)OCCNC(=O)OC(COc1ccc(C(C)C(CC)C(C)C)cc1)CSc1ccc(Cl)cc1. The first-order valence-electron chi connectivity index (χ1n) is 12.6. The maximum Gasteiger partial charge on any atom is 0.407 e. The third-order valence-electron chi connectivity index (χ3n) is 6.12. The molecule has 8 heteroatoms. The van der Waals surface area contributed by atoms with Gasteiger partial charge in [0.25, 0.3) is 0 Å². The Morgan fingerprint density at radius 1 is 1.08 bits per heavy atom. The molecule has 0 saturated carbocycles. The number of halogens is 1. The fraction of sp³-hybridized carbons (Fsp3) is 0.448. The standard InChI is InChI=1S/C29H38ClNO5S/c1-6-27(20(3)4)21(5)22-8-12-24(13-9-22)35-18-25(19-37-26-14-10-23(30)11-15-26)36-29(33)31-16-17-34-28(32)7-2/h7-15,20-21,25,27H,2,6,16-19H2,1,3-5H3,(H,31,33). The summed E-state index contributed by atoms with van der Waals surface area (Å²) in [6.07, 6.45) is 1.09. The molecule has 2 aromatic carbocycles. The van der Waals surface area contributed by atoms with Gasteiger partial charge in [-0.25, -0.2) is 9.59 Å². The van der Waals surface area contributed by atoms with E-state index >= 15 is 0 Å². The lowest BCUT2D eigenvalue weighted by Gasteiger charge is -2.27. The van der Waals surface area contributed by atoms with E-state index in [4.69, 9.17) is 25.8 Å². The van der Waals surface area contributed by atoms with Crippen LogP contribution in [0.15, 0.2) is 66.1 Å². The van der Waals surface area contributed by atoms with Gasteiger partial charge in [0.15, 0.2) is 0 Å². The number of nitrogens with one attached hydrogen (secondary N) is 1. The Hall–Kier alpha value is -2.64. The Morgan fingerprint density at radius 3 is 2.35 bits per heavy atom. The van der Waals surface area contributed by atoms with Crippen LogP contribution in [0.2, 0.25) is 5.02 Å². The number of rotatable bonds is 15. The molecule has 0 aromatic heterocycles. The zero-order chi connectivity index (χ0) is 27.2. The molecule has 0 bridgehead atoms. The first-order chi connectivity index (χ1) is 17.7. The minimum absolute atomic E-state index is 0.0289. The van der Waals surface area contributed by atoms with Gasteiger partial charge in [0.05, 0.1) is 6.54 Å². The van der Waals surface area contributed by atoms with Crippen molar-refractivity contribution in [2.24, 2.45) is 11.8 Å². The number of ether oxygens (including phenoxy) is 3. The quantitative estimate of drug-likeness (QED) is 0.111. The van der Waals surface area contributed by atoms with Gasteiger partial charge in [0.2, 0.25) is 0 Å². The van der Waals surface area contributed by atoms with Crippen LogP contribution in [-0.4, -0.2) is 43.7 Å². The Labute approximate surface area is 230 Å². The van der Waals surface area contributed by atoms with Crippen molar-refractivity contribution in [3.8, 4) is 5.75 Å². The number of amides is 1. The van der Waals surface area contributed by atoms with Gasteiger partial charge in [-0.3, -0.25) is 0 Å². The Bertz CT molecular complexity index is 981. The van der Waals surface area contributed by atoms with Gasteiger partial charge in [-0.15, -0.1) is 11.8 Å². The van der Waals surface area contributed by atoms with E-state index in [2.05, 4.69) is 51.7 Å². The largest absolute Gasteiger partial charge is 0.490 e. The molecule has 0 aliphatic carbocycles. The lowest BCUT2D eigenvalue weighted by molar-refractivity contribution is -0.137. The molecule has 1 amide bonds. The Morgan fingerprint density at radius 2 is 1.76 bits per heavy atom. The average Bonchev–Trinajstić information content (AvgIpc) is 2.89. The van der Waals surface area contributed by atoms with Crippen LogP contribution in [0.25, 0.3) is 0 Å². The van der Waals surface area contributed by atoms with Crippen molar-refractivity contribution in [3.05, 3.63) is 71.8 Å². The molecule has 2 rings (SSSR count). The minimum atomic E-state index is -0.608. The fourth-order valence-electron chi connectivity index (χ4n) is 4.10. The molecule has 0 fully saturated rings. The molecule has 3 unspecified atom stereocenters. The lowest BCUT2D eigenvalue weighted by atomic mass is 9.79. The number of hydrogen-bond donors (Lipinski definition) is 1. The van der Waals surface area contributed by atoms with Crippen molar-refractivity contribution < 1.29 is 23.8 Å².